The molecule has 0 spiro atoms. The normalized spacial score (nSPS) is 10.9. The van der Waals surface area contributed by atoms with E-state index < -0.39 is 0 Å². The Kier molecular flexibility index (Phi) is 2.90. The number of para-hydroxylation sites is 1. The van der Waals surface area contributed by atoms with E-state index in [1.165, 1.54) is 0 Å². The van der Waals surface area contributed by atoms with Crippen LogP contribution < -0.4 is 10.4 Å². The lowest BCUT2D eigenvalue weighted by Gasteiger charge is -2.07. The molecule has 0 atom stereocenters. The largest absolute Gasteiger partial charge is 0.457 e. The molecular weight excluding hydrogens is 276 g/mol. The molecule has 0 aliphatic rings. The lowest BCUT2D eigenvalue weighted by atomic mass is 10.1. The van der Waals surface area contributed by atoms with Gasteiger partial charge in [0.05, 0.1) is 5.39 Å². The van der Waals surface area contributed by atoms with E-state index >= 15 is 0 Å². The van der Waals surface area contributed by atoms with Crippen molar-refractivity contribution in [2.75, 3.05) is 0 Å². The first kappa shape index (κ1) is 12.7. The number of fused-ring (bicyclic) bond motifs is 3. The number of benzene rings is 3. The summed E-state index contributed by atoms with van der Waals surface area (Å²) in [6, 6.07) is 22.5. The zero-order chi connectivity index (χ0) is 14.9. The average Bonchev–Trinajstić information content (AvgIpc) is 2.57. The third-order valence-electron chi connectivity index (χ3n) is 3.57. The van der Waals surface area contributed by atoms with Crippen LogP contribution in [0, 0.1) is 0 Å². The monoisotopic (exact) mass is 288 g/mol. The molecule has 3 aromatic carbocycles. The van der Waals surface area contributed by atoms with E-state index in [2.05, 4.69) is 0 Å². The van der Waals surface area contributed by atoms with Crippen LogP contribution in [0.1, 0.15) is 0 Å². The maximum atomic E-state index is 12.0. The molecule has 0 radical (unpaired) electrons. The summed E-state index contributed by atoms with van der Waals surface area (Å²) in [6.07, 6.45) is 0. The van der Waals surface area contributed by atoms with Crippen molar-refractivity contribution in [2.24, 2.45) is 0 Å². The first-order valence-electron chi connectivity index (χ1n) is 7.00. The molecule has 0 aliphatic heterocycles. The lowest BCUT2D eigenvalue weighted by Crippen LogP contribution is -1.99. The van der Waals surface area contributed by atoms with Crippen LogP contribution >= 0.6 is 0 Å². The molecule has 1 aromatic heterocycles. The number of ether oxygens (including phenoxy) is 1. The summed E-state index contributed by atoms with van der Waals surface area (Å²) in [6.45, 7) is 0. The van der Waals surface area contributed by atoms with Crippen molar-refractivity contribution in [3.63, 3.8) is 0 Å². The van der Waals surface area contributed by atoms with Crippen molar-refractivity contribution < 1.29 is 9.15 Å². The second-order valence-electron chi connectivity index (χ2n) is 5.01. The first-order valence-corrected chi connectivity index (χ1v) is 7.00. The molecule has 0 bridgehead atoms. The Morgan fingerprint density at radius 1 is 0.682 bits per heavy atom. The summed E-state index contributed by atoms with van der Waals surface area (Å²) < 4.78 is 11.2. The highest BCUT2D eigenvalue weighted by Crippen LogP contribution is 2.29. The maximum absolute atomic E-state index is 12.0. The summed E-state index contributed by atoms with van der Waals surface area (Å²) in [5, 5.41) is 2.31. The summed E-state index contributed by atoms with van der Waals surface area (Å²) in [4.78, 5) is 12.0. The highest BCUT2D eigenvalue weighted by molar-refractivity contribution is 6.04. The van der Waals surface area contributed by atoms with Gasteiger partial charge in [0.1, 0.15) is 17.1 Å². The van der Waals surface area contributed by atoms with E-state index in [0.717, 1.165) is 16.5 Å². The molecule has 4 aromatic rings. The zero-order valence-electron chi connectivity index (χ0n) is 11.7. The summed E-state index contributed by atoms with van der Waals surface area (Å²) in [7, 11) is 0. The number of hydrogen-bond acceptors (Lipinski definition) is 3. The van der Waals surface area contributed by atoms with E-state index in [0.29, 0.717) is 16.7 Å². The van der Waals surface area contributed by atoms with Crippen molar-refractivity contribution in [1.82, 2.24) is 0 Å². The van der Waals surface area contributed by atoms with Gasteiger partial charge in [0.15, 0.2) is 0 Å². The standard InChI is InChI=1S/C19H12O3/c20-19-16-9-5-4-8-15(16)17-12-14(10-11-18(17)22-19)21-13-6-2-1-3-7-13/h1-12H. The van der Waals surface area contributed by atoms with Crippen molar-refractivity contribution in [3.8, 4) is 11.5 Å². The zero-order valence-corrected chi connectivity index (χ0v) is 11.7. The fourth-order valence-electron chi connectivity index (χ4n) is 2.55. The minimum atomic E-state index is -0.320. The summed E-state index contributed by atoms with van der Waals surface area (Å²) >= 11 is 0. The Labute approximate surface area is 126 Å². The van der Waals surface area contributed by atoms with Crippen molar-refractivity contribution in [1.29, 1.82) is 0 Å². The number of rotatable bonds is 2. The van der Waals surface area contributed by atoms with Crippen molar-refractivity contribution >= 4 is 21.7 Å². The fraction of sp³-hybridized carbons (Fsp3) is 0. The molecule has 0 amide bonds. The third-order valence-corrected chi connectivity index (χ3v) is 3.57. The minimum absolute atomic E-state index is 0.320. The molecule has 3 heteroatoms. The molecule has 0 aliphatic carbocycles. The first-order chi connectivity index (χ1) is 10.8. The molecule has 0 saturated heterocycles. The van der Waals surface area contributed by atoms with E-state index in [1.54, 1.807) is 18.2 Å². The van der Waals surface area contributed by atoms with Crippen LogP contribution in [-0.2, 0) is 0 Å². The van der Waals surface area contributed by atoms with Crippen LogP contribution in [0.4, 0.5) is 0 Å². The Bertz CT molecular complexity index is 1020. The van der Waals surface area contributed by atoms with Crippen LogP contribution in [0.2, 0.25) is 0 Å². The van der Waals surface area contributed by atoms with Gasteiger partial charge < -0.3 is 9.15 Å². The predicted molar refractivity (Wildman–Crippen MR) is 86.5 cm³/mol. The average molecular weight is 288 g/mol. The number of hydrogen-bond donors (Lipinski definition) is 0. The molecule has 0 saturated carbocycles. The molecule has 0 fully saturated rings. The van der Waals surface area contributed by atoms with Crippen molar-refractivity contribution in [2.45, 2.75) is 0 Å². The Morgan fingerprint density at radius 3 is 2.23 bits per heavy atom. The third kappa shape index (κ3) is 2.13. The van der Waals surface area contributed by atoms with E-state index in [-0.39, 0.29) is 5.63 Å². The Morgan fingerprint density at radius 2 is 1.41 bits per heavy atom. The molecule has 0 unspecified atom stereocenters. The van der Waals surface area contributed by atoms with Gasteiger partial charge in [-0.2, -0.15) is 0 Å². The Hall–Kier alpha value is -3.07. The van der Waals surface area contributed by atoms with Crippen LogP contribution in [-0.4, -0.2) is 0 Å². The highest BCUT2D eigenvalue weighted by atomic mass is 16.5. The Balaban J connectivity index is 1.91. The quantitative estimate of drug-likeness (QED) is 0.395. The minimum Gasteiger partial charge on any atom is -0.457 e. The van der Waals surface area contributed by atoms with Gasteiger partial charge in [0.25, 0.3) is 0 Å². The second kappa shape index (κ2) is 5.04. The van der Waals surface area contributed by atoms with Crippen LogP contribution in [0.5, 0.6) is 11.5 Å². The molecule has 106 valence electrons. The van der Waals surface area contributed by atoms with Crippen LogP contribution in [0.15, 0.2) is 82.0 Å². The highest BCUT2D eigenvalue weighted by Gasteiger charge is 2.08. The van der Waals surface area contributed by atoms with Gasteiger partial charge in [-0.25, -0.2) is 4.79 Å². The predicted octanol–water partition coefficient (Wildman–Crippen LogP) is 4.74. The van der Waals surface area contributed by atoms with E-state index in [1.807, 2.05) is 54.6 Å². The van der Waals surface area contributed by atoms with Crippen LogP contribution in [0.25, 0.3) is 21.7 Å². The lowest BCUT2D eigenvalue weighted by molar-refractivity contribution is 0.482. The van der Waals surface area contributed by atoms with Gasteiger partial charge in [-0.3, -0.25) is 0 Å². The van der Waals surface area contributed by atoms with Gasteiger partial charge in [0.2, 0.25) is 0 Å². The molecule has 22 heavy (non-hydrogen) atoms. The molecule has 3 nitrogen and oxygen atoms in total. The van der Waals surface area contributed by atoms with Gasteiger partial charge in [-0.15, -0.1) is 0 Å². The molecule has 4 rings (SSSR count). The van der Waals surface area contributed by atoms with Gasteiger partial charge in [0, 0.05) is 10.8 Å². The van der Waals surface area contributed by atoms with Crippen LogP contribution in [0.3, 0.4) is 0 Å². The van der Waals surface area contributed by atoms with Gasteiger partial charge in [-0.1, -0.05) is 36.4 Å². The molecule has 0 N–H and O–H groups in total. The molecular formula is C19H12O3. The smallest absolute Gasteiger partial charge is 0.344 e. The maximum Gasteiger partial charge on any atom is 0.344 e. The van der Waals surface area contributed by atoms with E-state index in [4.69, 9.17) is 9.15 Å². The topological polar surface area (TPSA) is 39.4 Å². The van der Waals surface area contributed by atoms with Gasteiger partial charge >= 0.3 is 5.63 Å². The SMILES string of the molecule is O=c1oc2ccc(Oc3ccccc3)cc2c2ccccc12. The summed E-state index contributed by atoms with van der Waals surface area (Å²) in [5.74, 6) is 1.47. The van der Waals surface area contributed by atoms with Gasteiger partial charge in [-0.05, 0) is 36.4 Å². The van der Waals surface area contributed by atoms with Crippen molar-refractivity contribution in [3.05, 3.63) is 83.2 Å². The second-order valence-corrected chi connectivity index (χ2v) is 5.01. The summed E-state index contributed by atoms with van der Waals surface area (Å²) in [5.41, 5.74) is 0.240. The molecule has 1 heterocycles. The van der Waals surface area contributed by atoms with E-state index in [9.17, 15) is 4.79 Å². The fourth-order valence-corrected chi connectivity index (χ4v) is 2.55.